The first-order valence-electron chi connectivity index (χ1n) is 4.41. The fraction of sp³-hybridized carbons (Fsp3) is 1.00. The molecule has 1 saturated heterocycles. The number of nitrogens with one attached hydrogen (secondary N) is 1. The lowest BCUT2D eigenvalue weighted by molar-refractivity contribution is -0.162. The minimum atomic E-state index is -3.19. The van der Waals surface area contributed by atoms with Gasteiger partial charge >= 0.3 is 4.83 Å². The minimum absolute atomic E-state index is 0.0871. The molecular formula is C8H14BrF2NO. The van der Waals surface area contributed by atoms with Gasteiger partial charge in [-0.1, -0.05) is 6.92 Å². The maximum absolute atomic E-state index is 13.1. The molecule has 0 aliphatic carbocycles. The first-order valence-corrected chi connectivity index (χ1v) is 5.21. The number of hydrogen-bond donors (Lipinski definition) is 2. The zero-order chi connectivity index (χ0) is 10.1. The van der Waals surface area contributed by atoms with E-state index < -0.39 is 16.4 Å². The zero-order valence-electron chi connectivity index (χ0n) is 7.49. The standard InChI is InChI=1S/C8H14BrF2NO/c1-2-6-5-12-4-3-7(6,13)8(9,10)11/h6,12-13H,2-5H2,1H3. The summed E-state index contributed by atoms with van der Waals surface area (Å²) in [6.07, 6.45) is 0.633. The summed E-state index contributed by atoms with van der Waals surface area (Å²) >= 11 is 2.27. The molecule has 2 unspecified atom stereocenters. The van der Waals surface area contributed by atoms with Crippen molar-refractivity contribution in [3.05, 3.63) is 0 Å². The summed E-state index contributed by atoms with van der Waals surface area (Å²) in [6.45, 7) is 2.70. The average Bonchev–Trinajstić information content (AvgIpc) is 2.03. The Morgan fingerprint density at radius 2 is 2.31 bits per heavy atom. The van der Waals surface area contributed by atoms with Gasteiger partial charge in [-0.2, -0.15) is 8.78 Å². The van der Waals surface area contributed by atoms with E-state index in [0.29, 0.717) is 19.5 Å². The van der Waals surface area contributed by atoms with Gasteiger partial charge in [-0.15, -0.1) is 0 Å². The van der Waals surface area contributed by atoms with Crippen LogP contribution in [0.15, 0.2) is 0 Å². The molecule has 0 saturated carbocycles. The van der Waals surface area contributed by atoms with Crippen LogP contribution in [0.5, 0.6) is 0 Å². The highest BCUT2D eigenvalue weighted by Gasteiger charge is 2.55. The third kappa shape index (κ3) is 2.02. The van der Waals surface area contributed by atoms with Gasteiger partial charge in [0, 0.05) is 12.5 Å². The monoisotopic (exact) mass is 257 g/mol. The van der Waals surface area contributed by atoms with E-state index in [1.165, 1.54) is 0 Å². The van der Waals surface area contributed by atoms with Crippen LogP contribution >= 0.6 is 15.9 Å². The normalized spacial score (nSPS) is 36.2. The van der Waals surface area contributed by atoms with Crippen LogP contribution in [0.1, 0.15) is 19.8 Å². The smallest absolute Gasteiger partial charge is 0.329 e. The van der Waals surface area contributed by atoms with Crippen molar-refractivity contribution in [3.63, 3.8) is 0 Å². The van der Waals surface area contributed by atoms with E-state index in [2.05, 4.69) is 21.2 Å². The highest BCUT2D eigenvalue weighted by atomic mass is 79.9. The number of rotatable bonds is 2. The van der Waals surface area contributed by atoms with E-state index in [4.69, 9.17) is 0 Å². The molecule has 0 aromatic rings. The fourth-order valence-electron chi connectivity index (χ4n) is 1.78. The van der Waals surface area contributed by atoms with Crippen LogP contribution in [0.2, 0.25) is 0 Å². The number of piperidine rings is 1. The molecule has 13 heavy (non-hydrogen) atoms. The summed E-state index contributed by atoms with van der Waals surface area (Å²) < 4.78 is 26.1. The molecule has 0 aromatic carbocycles. The number of aliphatic hydroxyl groups is 1. The van der Waals surface area contributed by atoms with Crippen molar-refractivity contribution in [1.29, 1.82) is 0 Å². The van der Waals surface area contributed by atoms with E-state index in [-0.39, 0.29) is 6.42 Å². The molecular weight excluding hydrogens is 244 g/mol. The Balaban J connectivity index is 2.83. The lowest BCUT2D eigenvalue weighted by atomic mass is 9.80. The molecule has 2 nitrogen and oxygen atoms in total. The molecule has 0 aromatic heterocycles. The maximum atomic E-state index is 13.1. The van der Waals surface area contributed by atoms with E-state index >= 15 is 0 Å². The second-order valence-corrected chi connectivity index (χ2v) is 4.48. The van der Waals surface area contributed by atoms with Crippen molar-refractivity contribution in [1.82, 2.24) is 5.32 Å². The maximum Gasteiger partial charge on any atom is 0.329 e. The van der Waals surface area contributed by atoms with Crippen molar-refractivity contribution in [2.24, 2.45) is 5.92 Å². The lowest BCUT2D eigenvalue weighted by Gasteiger charge is -2.42. The quantitative estimate of drug-likeness (QED) is 0.739. The van der Waals surface area contributed by atoms with E-state index in [1.54, 1.807) is 6.92 Å². The molecule has 2 atom stereocenters. The number of hydrogen-bond acceptors (Lipinski definition) is 2. The van der Waals surface area contributed by atoms with Gasteiger partial charge in [0.2, 0.25) is 0 Å². The topological polar surface area (TPSA) is 32.3 Å². The summed E-state index contributed by atoms with van der Waals surface area (Å²) in [5, 5.41) is 12.8. The molecule has 0 bridgehead atoms. The van der Waals surface area contributed by atoms with Crippen LogP contribution in [-0.2, 0) is 0 Å². The van der Waals surface area contributed by atoms with E-state index in [0.717, 1.165) is 0 Å². The average molecular weight is 258 g/mol. The van der Waals surface area contributed by atoms with Crippen molar-refractivity contribution < 1.29 is 13.9 Å². The van der Waals surface area contributed by atoms with Gasteiger partial charge in [-0.05, 0) is 35.3 Å². The van der Waals surface area contributed by atoms with Crippen LogP contribution in [0, 0.1) is 5.92 Å². The van der Waals surface area contributed by atoms with Gasteiger partial charge in [0.05, 0.1) is 0 Å². The Labute approximate surface area is 84.8 Å². The Bertz CT molecular complexity index is 185. The van der Waals surface area contributed by atoms with Crippen molar-refractivity contribution in [3.8, 4) is 0 Å². The third-order valence-electron chi connectivity index (χ3n) is 2.73. The Kier molecular flexibility index (Phi) is 3.30. The first-order chi connectivity index (χ1) is 5.92. The molecule has 5 heteroatoms. The third-order valence-corrected chi connectivity index (χ3v) is 3.42. The lowest BCUT2D eigenvalue weighted by Crippen LogP contribution is -2.58. The van der Waals surface area contributed by atoms with Crippen molar-refractivity contribution in [2.45, 2.75) is 30.2 Å². The summed E-state index contributed by atoms with van der Waals surface area (Å²) in [4.78, 5) is -3.19. The molecule has 1 fully saturated rings. The van der Waals surface area contributed by atoms with Crippen molar-refractivity contribution in [2.75, 3.05) is 13.1 Å². The van der Waals surface area contributed by atoms with Gasteiger partial charge in [-0.3, -0.25) is 0 Å². The highest BCUT2D eigenvalue weighted by Crippen LogP contribution is 2.44. The van der Waals surface area contributed by atoms with E-state index in [1.807, 2.05) is 0 Å². The summed E-state index contributed by atoms with van der Waals surface area (Å²) in [7, 11) is 0. The molecule has 0 spiro atoms. The largest absolute Gasteiger partial charge is 0.382 e. The molecule has 0 radical (unpaired) electrons. The Morgan fingerprint density at radius 3 is 2.69 bits per heavy atom. The predicted octanol–water partition coefficient (Wildman–Crippen LogP) is 1.72. The molecule has 0 amide bonds. The molecule has 1 heterocycles. The summed E-state index contributed by atoms with van der Waals surface area (Å²) in [6, 6.07) is 0. The fourth-order valence-corrected chi connectivity index (χ4v) is 2.31. The second-order valence-electron chi connectivity index (χ2n) is 3.48. The Morgan fingerprint density at radius 1 is 1.69 bits per heavy atom. The van der Waals surface area contributed by atoms with Gasteiger partial charge in [-0.25, -0.2) is 0 Å². The van der Waals surface area contributed by atoms with Crippen LogP contribution in [-0.4, -0.2) is 28.6 Å². The van der Waals surface area contributed by atoms with Crippen LogP contribution < -0.4 is 5.32 Å². The zero-order valence-corrected chi connectivity index (χ0v) is 9.07. The molecule has 2 N–H and O–H groups in total. The SMILES string of the molecule is CCC1CNCCC1(O)C(F)(F)Br. The summed E-state index contributed by atoms with van der Waals surface area (Å²) in [5.74, 6) is -0.393. The highest BCUT2D eigenvalue weighted by molar-refractivity contribution is 9.10. The second kappa shape index (κ2) is 3.79. The van der Waals surface area contributed by atoms with Gasteiger partial charge in [0.15, 0.2) is 0 Å². The number of alkyl halides is 3. The van der Waals surface area contributed by atoms with Crippen molar-refractivity contribution >= 4 is 15.9 Å². The minimum Gasteiger partial charge on any atom is -0.382 e. The molecule has 1 rings (SSSR count). The predicted molar refractivity (Wildman–Crippen MR) is 50.1 cm³/mol. The van der Waals surface area contributed by atoms with Crippen LogP contribution in [0.3, 0.4) is 0 Å². The van der Waals surface area contributed by atoms with E-state index in [9.17, 15) is 13.9 Å². The first kappa shape index (κ1) is 11.3. The van der Waals surface area contributed by atoms with Gasteiger partial charge < -0.3 is 10.4 Å². The molecule has 78 valence electrons. The molecule has 1 aliphatic heterocycles. The number of halogens is 3. The summed E-state index contributed by atoms with van der Waals surface area (Å²) in [5.41, 5.74) is -1.90. The molecule has 1 aliphatic rings. The van der Waals surface area contributed by atoms with Gasteiger partial charge in [0.25, 0.3) is 0 Å². The van der Waals surface area contributed by atoms with Crippen LogP contribution in [0.25, 0.3) is 0 Å². The van der Waals surface area contributed by atoms with Crippen LogP contribution in [0.4, 0.5) is 8.78 Å². The van der Waals surface area contributed by atoms with Gasteiger partial charge in [0.1, 0.15) is 5.60 Å². The Hall–Kier alpha value is 0.260.